The Hall–Kier alpha value is -0.370. The molecule has 3 unspecified atom stereocenters. The lowest BCUT2D eigenvalue weighted by Gasteiger charge is -2.09. The normalized spacial score (nSPS) is 43.9. The highest BCUT2D eigenvalue weighted by Gasteiger charge is 2.34. The Balaban J connectivity index is 2.65. The maximum atomic E-state index is 10.8. The fourth-order valence-corrected chi connectivity index (χ4v) is 1.20. The van der Waals surface area contributed by atoms with Crippen LogP contribution in [0.2, 0.25) is 0 Å². The van der Waals surface area contributed by atoms with Crippen molar-refractivity contribution in [3.8, 4) is 0 Å². The summed E-state index contributed by atoms with van der Waals surface area (Å²) in [6.07, 6.45) is -0.0185. The van der Waals surface area contributed by atoms with Crippen molar-refractivity contribution >= 4 is 5.78 Å². The molecule has 0 radical (unpaired) electrons. The van der Waals surface area contributed by atoms with Crippen LogP contribution in [0.5, 0.6) is 0 Å². The first-order valence-corrected chi connectivity index (χ1v) is 3.33. The van der Waals surface area contributed by atoms with Crippen LogP contribution in [0.1, 0.15) is 20.3 Å². The molecule has 52 valence electrons. The average Bonchev–Trinajstić information content (AvgIpc) is 1.98. The molecule has 1 aliphatic rings. The van der Waals surface area contributed by atoms with E-state index in [9.17, 15) is 4.79 Å². The van der Waals surface area contributed by atoms with E-state index in [2.05, 4.69) is 0 Å². The van der Waals surface area contributed by atoms with E-state index in [1.807, 2.05) is 13.8 Å². The van der Waals surface area contributed by atoms with Crippen LogP contribution >= 0.6 is 0 Å². The molecule has 2 heteroatoms. The van der Waals surface area contributed by atoms with Gasteiger partial charge in [-0.3, -0.25) is 4.79 Å². The molecule has 2 nitrogen and oxygen atoms in total. The summed E-state index contributed by atoms with van der Waals surface area (Å²) in [6, 6.07) is 0. The second-order valence-corrected chi connectivity index (χ2v) is 2.89. The standard InChI is InChI=1S/C7H12O2/c1-4-5(2)7(9)3-6(4)8/h4-6,8H,3H2,1-2H3. The molecule has 0 heterocycles. The molecule has 0 aromatic rings. The molecule has 1 rings (SSSR count). The van der Waals surface area contributed by atoms with Gasteiger partial charge < -0.3 is 5.11 Å². The van der Waals surface area contributed by atoms with Gasteiger partial charge in [-0.25, -0.2) is 0 Å². The number of ketones is 1. The first-order chi connectivity index (χ1) is 4.13. The molecule has 9 heavy (non-hydrogen) atoms. The van der Waals surface area contributed by atoms with Crippen molar-refractivity contribution in [2.24, 2.45) is 11.8 Å². The molecule has 3 atom stereocenters. The summed E-state index contributed by atoms with van der Waals surface area (Å²) < 4.78 is 0. The zero-order valence-electron chi connectivity index (χ0n) is 5.79. The predicted octanol–water partition coefficient (Wildman–Crippen LogP) is 0.592. The van der Waals surface area contributed by atoms with E-state index >= 15 is 0 Å². The van der Waals surface area contributed by atoms with Crippen LogP contribution in [0.15, 0.2) is 0 Å². The van der Waals surface area contributed by atoms with Gasteiger partial charge in [0, 0.05) is 12.3 Å². The molecule has 0 aromatic carbocycles. The van der Waals surface area contributed by atoms with Crippen LogP contribution in [0.4, 0.5) is 0 Å². The Morgan fingerprint density at radius 3 is 2.22 bits per heavy atom. The second-order valence-electron chi connectivity index (χ2n) is 2.89. The van der Waals surface area contributed by atoms with E-state index in [1.165, 1.54) is 0 Å². The minimum atomic E-state index is -0.382. The summed E-state index contributed by atoms with van der Waals surface area (Å²) in [5.41, 5.74) is 0. The van der Waals surface area contributed by atoms with Crippen molar-refractivity contribution in [1.29, 1.82) is 0 Å². The van der Waals surface area contributed by atoms with Gasteiger partial charge in [-0.15, -0.1) is 0 Å². The van der Waals surface area contributed by atoms with Gasteiger partial charge >= 0.3 is 0 Å². The summed E-state index contributed by atoms with van der Waals surface area (Å²) in [5.74, 6) is 0.437. The van der Waals surface area contributed by atoms with Crippen molar-refractivity contribution in [1.82, 2.24) is 0 Å². The quantitative estimate of drug-likeness (QED) is 0.518. The Bertz CT molecular complexity index is 131. The number of carbonyl (C=O) groups is 1. The van der Waals surface area contributed by atoms with Crippen LogP contribution in [0.3, 0.4) is 0 Å². The highest BCUT2D eigenvalue weighted by Crippen LogP contribution is 2.27. The number of hydrogen-bond acceptors (Lipinski definition) is 2. The zero-order chi connectivity index (χ0) is 7.02. The van der Waals surface area contributed by atoms with E-state index in [1.54, 1.807) is 0 Å². The molecular formula is C7H12O2. The third-order valence-corrected chi connectivity index (χ3v) is 2.31. The van der Waals surface area contributed by atoms with Gasteiger partial charge in [-0.05, 0) is 5.92 Å². The smallest absolute Gasteiger partial charge is 0.138 e. The molecule has 0 bridgehead atoms. The van der Waals surface area contributed by atoms with Crippen LogP contribution in [-0.4, -0.2) is 17.0 Å². The van der Waals surface area contributed by atoms with E-state index in [0.29, 0.717) is 6.42 Å². The zero-order valence-corrected chi connectivity index (χ0v) is 5.79. The molecular weight excluding hydrogens is 116 g/mol. The lowest BCUT2D eigenvalue weighted by molar-refractivity contribution is -0.120. The van der Waals surface area contributed by atoms with Crippen LogP contribution < -0.4 is 0 Å². The van der Waals surface area contributed by atoms with E-state index in [0.717, 1.165) is 0 Å². The Morgan fingerprint density at radius 1 is 1.56 bits per heavy atom. The second kappa shape index (κ2) is 2.10. The molecule has 0 amide bonds. The number of aliphatic hydroxyl groups excluding tert-OH is 1. The van der Waals surface area contributed by atoms with Gasteiger partial charge in [0.15, 0.2) is 0 Å². The fraction of sp³-hybridized carbons (Fsp3) is 0.857. The summed E-state index contributed by atoms with van der Waals surface area (Å²) in [4.78, 5) is 10.8. The first kappa shape index (κ1) is 6.75. The molecule has 0 spiro atoms. The number of rotatable bonds is 0. The molecule has 1 aliphatic carbocycles. The molecule has 0 saturated heterocycles. The highest BCUT2D eigenvalue weighted by molar-refractivity contribution is 5.83. The van der Waals surface area contributed by atoms with Gasteiger partial charge in [-0.2, -0.15) is 0 Å². The molecule has 1 fully saturated rings. The SMILES string of the molecule is CC1C(=O)CC(O)C1C. The Morgan fingerprint density at radius 2 is 2.11 bits per heavy atom. The van der Waals surface area contributed by atoms with Gasteiger partial charge in [0.05, 0.1) is 6.10 Å². The summed E-state index contributed by atoms with van der Waals surface area (Å²) >= 11 is 0. The third kappa shape index (κ3) is 0.990. The first-order valence-electron chi connectivity index (χ1n) is 3.33. The number of aliphatic hydroxyl groups is 1. The third-order valence-electron chi connectivity index (χ3n) is 2.31. The van der Waals surface area contributed by atoms with Crippen molar-refractivity contribution in [3.63, 3.8) is 0 Å². The molecule has 0 aliphatic heterocycles. The van der Waals surface area contributed by atoms with Crippen LogP contribution in [0.25, 0.3) is 0 Å². The molecule has 0 aromatic heterocycles. The predicted molar refractivity (Wildman–Crippen MR) is 34.0 cm³/mol. The summed E-state index contributed by atoms with van der Waals surface area (Å²) in [7, 11) is 0. The largest absolute Gasteiger partial charge is 0.392 e. The minimum absolute atomic E-state index is 0.0694. The summed E-state index contributed by atoms with van der Waals surface area (Å²) in [5, 5.41) is 9.12. The Labute approximate surface area is 54.9 Å². The van der Waals surface area contributed by atoms with E-state index in [4.69, 9.17) is 5.11 Å². The van der Waals surface area contributed by atoms with Gasteiger partial charge in [-0.1, -0.05) is 13.8 Å². The maximum absolute atomic E-state index is 10.8. The summed E-state index contributed by atoms with van der Waals surface area (Å²) in [6.45, 7) is 3.80. The van der Waals surface area contributed by atoms with Gasteiger partial charge in [0.25, 0.3) is 0 Å². The van der Waals surface area contributed by atoms with Crippen LogP contribution in [-0.2, 0) is 4.79 Å². The molecule has 1 saturated carbocycles. The van der Waals surface area contributed by atoms with Gasteiger partial charge in [0.2, 0.25) is 0 Å². The van der Waals surface area contributed by atoms with Crippen molar-refractivity contribution in [2.75, 3.05) is 0 Å². The number of carbonyl (C=O) groups excluding carboxylic acids is 1. The maximum Gasteiger partial charge on any atom is 0.138 e. The fourth-order valence-electron chi connectivity index (χ4n) is 1.20. The minimum Gasteiger partial charge on any atom is -0.392 e. The van der Waals surface area contributed by atoms with Crippen molar-refractivity contribution in [3.05, 3.63) is 0 Å². The topological polar surface area (TPSA) is 37.3 Å². The van der Waals surface area contributed by atoms with Gasteiger partial charge in [0.1, 0.15) is 5.78 Å². The Kier molecular flexibility index (Phi) is 1.58. The number of Topliss-reactive ketones (excluding diaryl/α,β-unsaturated/α-hetero) is 1. The van der Waals surface area contributed by atoms with Crippen molar-refractivity contribution in [2.45, 2.75) is 26.4 Å². The lowest BCUT2D eigenvalue weighted by Crippen LogP contribution is -2.13. The lowest BCUT2D eigenvalue weighted by atomic mass is 9.99. The molecule has 1 N–H and O–H groups in total. The van der Waals surface area contributed by atoms with Crippen molar-refractivity contribution < 1.29 is 9.90 Å². The van der Waals surface area contributed by atoms with Crippen LogP contribution in [0, 0.1) is 11.8 Å². The highest BCUT2D eigenvalue weighted by atomic mass is 16.3. The van der Waals surface area contributed by atoms with E-state index in [-0.39, 0.29) is 23.7 Å². The monoisotopic (exact) mass is 128 g/mol. The van der Waals surface area contributed by atoms with E-state index < -0.39 is 0 Å². The number of hydrogen-bond donors (Lipinski definition) is 1. The average molecular weight is 128 g/mol.